The average molecular weight is 394 g/mol. The summed E-state index contributed by atoms with van der Waals surface area (Å²) in [5, 5.41) is 29.3. The van der Waals surface area contributed by atoms with E-state index in [1.165, 1.54) is 34.8 Å². The van der Waals surface area contributed by atoms with E-state index in [2.05, 4.69) is 15.4 Å². The highest BCUT2D eigenvalue weighted by Gasteiger charge is 2.49. The molecular weight excluding hydrogens is 376 g/mol. The first kappa shape index (κ1) is 18.0. The molecule has 11 nitrogen and oxygen atoms in total. The Labute approximate surface area is 154 Å². The summed E-state index contributed by atoms with van der Waals surface area (Å²) < 4.78 is 27.8. The van der Waals surface area contributed by atoms with Gasteiger partial charge in [-0.05, 0) is 18.9 Å². The first-order valence-electron chi connectivity index (χ1n) is 8.40. The number of amides is 1. The largest absolute Gasteiger partial charge is 0.595 e. The molecule has 1 aromatic carbocycles. The number of nitrogens with zero attached hydrogens (tertiary/aromatic N) is 4. The molecule has 4 rings (SSSR count). The molecule has 144 valence electrons. The molecule has 1 aromatic heterocycles. The van der Waals surface area contributed by atoms with Crippen molar-refractivity contribution in [2.75, 3.05) is 13.1 Å². The Morgan fingerprint density at radius 1 is 1.26 bits per heavy atom. The highest BCUT2D eigenvalue weighted by molar-refractivity contribution is 7.89. The van der Waals surface area contributed by atoms with Gasteiger partial charge in [0.2, 0.25) is 10.0 Å². The molecule has 3 atom stereocenters. The molecule has 3 unspecified atom stereocenters. The number of aromatic nitrogens is 3. The van der Waals surface area contributed by atoms with Crippen LogP contribution in [-0.4, -0.2) is 69.3 Å². The molecule has 2 aliphatic rings. The van der Waals surface area contributed by atoms with Crippen molar-refractivity contribution in [2.24, 2.45) is 0 Å². The summed E-state index contributed by atoms with van der Waals surface area (Å²) in [6.07, 6.45) is 2.56. The summed E-state index contributed by atoms with van der Waals surface area (Å²) in [7, 11) is -4.00. The topological polar surface area (TPSA) is 147 Å². The Balaban J connectivity index is 1.62. The van der Waals surface area contributed by atoms with Crippen LogP contribution in [0.15, 0.2) is 35.4 Å². The lowest BCUT2D eigenvalue weighted by atomic mass is 10.2. The van der Waals surface area contributed by atoms with Crippen molar-refractivity contribution in [1.29, 1.82) is 0 Å². The Morgan fingerprint density at radius 2 is 1.93 bits per heavy atom. The highest BCUT2D eigenvalue weighted by atomic mass is 32.2. The predicted molar refractivity (Wildman–Crippen MR) is 90.3 cm³/mol. The van der Waals surface area contributed by atoms with Gasteiger partial charge in [0.25, 0.3) is 5.91 Å². The van der Waals surface area contributed by atoms with Crippen molar-refractivity contribution in [3.05, 3.63) is 41.4 Å². The fourth-order valence-electron chi connectivity index (χ4n) is 3.87. The first-order chi connectivity index (χ1) is 12.9. The number of quaternary nitrogens is 1. The molecule has 0 aliphatic carbocycles. The Kier molecular flexibility index (Phi) is 4.44. The van der Waals surface area contributed by atoms with Crippen LogP contribution in [0.25, 0.3) is 0 Å². The average Bonchev–Trinajstić information content (AvgIpc) is 3.28. The number of likely N-dealkylation sites (tertiary alicyclic amines) is 1. The van der Waals surface area contributed by atoms with E-state index >= 15 is 0 Å². The van der Waals surface area contributed by atoms with Crippen LogP contribution in [0.4, 0.5) is 5.69 Å². The zero-order valence-electron chi connectivity index (χ0n) is 14.1. The molecule has 2 saturated heterocycles. The summed E-state index contributed by atoms with van der Waals surface area (Å²) in [6.45, 7) is 0.466. The van der Waals surface area contributed by atoms with E-state index in [9.17, 15) is 23.6 Å². The maximum atomic E-state index is 13.2. The zero-order chi connectivity index (χ0) is 19.2. The summed E-state index contributed by atoms with van der Waals surface area (Å²) in [5.74, 6) is -0.302. The minimum absolute atomic E-state index is 0.182. The number of hydrogen-bond acceptors (Lipinski definition) is 7. The molecule has 1 amide bonds. The number of carbonyl (C=O) groups is 1. The van der Waals surface area contributed by atoms with Crippen molar-refractivity contribution < 1.29 is 23.6 Å². The third kappa shape index (κ3) is 3.00. The molecule has 2 aromatic rings. The summed E-state index contributed by atoms with van der Waals surface area (Å²) in [6, 6.07) is 4.79. The summed E-state index contributed by atoms with van der Waals surface area (Å²) in [4.78, 5) is 13.9. The van der Waals surface area contributed by atoms with Crippen molar-refractivity contribution in [2.45, 2.75) is 29.8 Å². The van der Waals surface area contributed by atoms with Gasteiger partial charge in [-0.1, -0.05) is 12.1 Å². The van der Waals surface area contributed by atoms with Crippen LogP contribution in [0.5, 0.6) is 0 Å². The molecule has 27 heavy (non-hydrogen) atoms. The molecule has 2 bridgehead atoms. The number of hydrogen-bond donors (Lipinski definition) is 3. The molecule has 2 fully saturated rings. The summed E-state index contributed by atoms with van der Waals surface area (Å²) >= 11 is 0. The predicted octanol–water partition coefficient (Wildman–Crippen LogP) is -1.11. The number of benzene rings is 1. The van der Waals surface area contributed by atoms with Crippen LogP contribution >= 0.6 is 0 Å². The van der Waals surface area contributed by atoms with Crippen LogP contribution < -0.4 is 5.23 Å². The second-order valence-electron chi connectivity index (χ2n) is 6.59. The molecule has 0 saturated carbocycles. The van der Waals surface area contributed by atoms with Gasteiger partial charge in [0.15, 0.2) is 11.4 Å². The SMILES string of the molecule is O=C(c1cn[nH]n1)N1CC2CCC(C1)N2S(=O)(=O)c1ccccc1[NH+]([O-])O. The Bertz CT molecular complexity index is 933. The standard InChI is InChI=1S/C15H18N6O5S/c22-15(12-7-16-18-17-12)19-8-10-5-6-11(9-19)20(10)27(25,26)14-4-2-1-3-13(14)21(23)24/h1-4,7,10-11,21,23H,5-6,8-9H2,(H,16,17,18). The normalized spacial score (nSPS) is 24.1. The number of para-hydroxylation sites is 1. The lowest BCUT2D eigenvalue weighted by Crippen LogP contribution is -2.99. The molecule has 3 N–H and O–H groups in total. The lowest BCUT2D eigenvalue weighted by Gasteiger charge is -2.39. The fourth-order valence-corrected chi connectivity index (χ4v) is 5.91. The number of nitrogens with one attached hydrogen (secondary N) is 2. The van der Waals surface area contributed by atoms with Crippen LogP contribution in [0.3, 0.4) is 0 Å². The van der Waals surface area contributed by atoms with Gasteiger partial charge in [0.1, 0.15) is 4.90 Å². The first-order valence-corrected chi connectivity index (χ1v) is 9.84. The van der Waals surface area contributed by atoms with Gasteiger partial charge in [-0.25, -0.2) is 13.6 Å². The smallest absolute Gasteiger partial charge is 0.276 e. The van der Waals surface area contributed by atoms with Gasteiger partial charge < -0.3 is 10.1 Å². The zero-order valence-corrected chi connectivity index (χ0v) is 15.0. The van der Waals surface area contributed by atoms with E-state index in [4.69, 9.17) is 0 Å². The van der Waals surface area contributed by atoms with E-state index < -0.39 is 27.3 Å². The number of piperazine rings is 1. The fraction of sp³-hybridized carbons (Fsp3) is 0.400. The van der Waals surface area contributed by atoms with Crippen molar-refractivity contribution >= 4 is 21.6 Å². The third-order valence-corrected chi connectivity index (χ3v) is 7.07. The van der Waals surface area contributed by atoms with Crippen molar-refractivity contribution in [3.63, 3.8) is 0 Å². The van der Waals surface area contributed by atoms with E-state index in [-0.39, 0.29) is 35.3 Å². The Morgan fingerprint density at radius 3 is 2.52 bits per heavy atom. The molecular formula is C15H18N6O5S. The number of H-pyrrole nitrogens is 1. The molecule has 3 heterocycles. The number of fused-ring (bicyclic) bond motifs is 2. The monoisotopic (exact) mass is 394 g/mol. The van der Waals surface area contributed by atoms with Crippen LogP contribution in [0.2, 0.25) is 0 Å². The number of aromatic amines is 1. The molecule has 2 aliphatic heterocycles. The maximum Gasteiger partial charge on any atom is 0.276 e. The van der Waals surface area contributed by atoms with E-state index in [0.29, 0.717) is 12.8 Å². The molecule has 0 radical (unpaired) electrons. The molecule has 12 heteroatoms. The third-order valence-electron chi connectivity index (χ3n) is 5.01. The number of carbonyl (C=O) groups excluding carboxylic acids is 1. The van der Waals surface area contributed by atoms with Gasteiger partial charge in [0, 0.05) is 31.2 Å². The van der Waals surface area contributed by atoms with E-state index in [1.807, 2.05) is 0 Å². The van der Waals surface area contributed by atoms with Crippen molar-refractivity contribution in [1.82, 2.24) is 24.6 Å². The molecule has 0 spiro atoms. The minimum atomic E-state index is -4.00. The van der Waals surface area contributed by atoms with Crippen LogP contribution in [0.1, 0.15) is 23.3 Å². The van der Waals surface area contributed by atoms with Crippen LogP contribution in [-0.2, 0) is 10.0 Å². The van der Waals surface area contributed by atoms with Gasteiger partial charge in [-0.2, -0.15) is 24.9 Å². The minimum Gasteiger partial charge on any atom is -0.595 e. The summed E-state index contributed by atoms with van der Waals surface area (Å²) in [5.41, 5.74) is -0.0695. The highest BCUT2D eigenvalue weighted by Crippen LogP contribution is 2.36. The van der Waals surface area contributed by atoms with Gasteiger partial charge in [-0.3, -0.25) is 4.79 Å². The van der Waals surface area contributed by atoms with Gasteiger partial charge in [-0.15, -0.1) is 0 Å². The Hall–Kier alpha value is -2.38. The maximum absolute atomic E-state index is 13.2. The number of sulfonamides is 1. The second kappa shape index (κ2) is 6.65. The second-order valence-corrected chi connectivity index (χ2v) is 8.40. The van der Waals surface area contributed by atoms with E-state index in [0.717, 1.165) is 0 Å². The number of rotatable bonds is 4. The lowest BCUT2D eigenvalue weighted by molar-refractivity contribution is -0.992. The van der Waals surface area contributed by atoms with Crippen molar-refractivity contribution in [3.8, 4) is 0 Å². The van der Waals surface area contributed by atoms with Crippen LogP contribution in [0, 0.1) is 5.21 Å². The van der Waals surface area contributed by atoms with Gasteiger partial charge >= 0.3 is 0 Å². The van der Waals surface area contributed by atoms with E-state index in [1.54, 1.807) is 4.90 Å². The quantitative estimate of drug-likeness (QED) is 0.557. The van der Waals surface area contributed by atoms with Gasteiger partial charge in [0.05, 0.1) is 6.20 Å².